The Kier molecular flexibility index (Phi) is 5.21. The highest BCUT2D eigenvalue weighted by Gasteiger charge is 2.41. The van der Waals surface area contributed by atoms with Crippen LogP contribution >= 0.6 is 22.9 Å². The fourth-order valence-electron chi connectivity index (χ4n) is 4.14. The zero-order chi connectivity index (χ0) is 23.3. The Balaban J connectivity index is 1.38. The monoisotopic (exact) mass is 497 g/mol. The van der Waals surface area contributed by atoms with E-state index in [0.717, 1.165) is 28.9 Å². The lowest BCUT2D eigenvalue weighted by Crippen LogP contribution is -2.71. The van der Waals surface area contributed by atoms with E-state index in [1.165, 1.54) is 11.3 Å². The van der Waals surface area contributed by atoms with Gasteiger partial charge in [-0.15, -0.1) is 11.3 Å². The molecular weight excluding hydrogens is 478 g/mol. The quantitative estimate of drug-likeness (QED) is 0.357. The molecule has 0 radical (unpaired) electrons. The third-order valence-electron chi connectivity index (χ3n) is 5.92. The van der Waals surface area contributed by atoms with E-state index in [4.69, 9.17) is 21.1 Å². The van der Waals surface area contributed by atoms with Crippen LogP contribution in [0.1, 0.15) is 22.2 Å². The molecule has 34 heavy (non-hydrogen) atoms. The summed E-state index contributed by atoms with van der Waals surface area (Å²) >= 11 is 7.42. The van der Waals surface area contributed by atoms with Gasteiger partial charge in [0.2, 0.25) is 17.0 Å². The van der Waals surface area contributed by atoms with Crippen molar-refractivity contribution < 1.29 is 14.3 Å². The van der Waals surface area contributed by atoms with Gasteiger partial charge in [0.15, 0.2) is 0 Å². The van der Waals surface area contributed by atoms with Crippen molar-refractivity contribution in [3.05, 3.63) is 40.3 Å². The molecule has 2 aliphatic rings. The maximum absolute atomic E-state index is 13.0. The first-order valence-electron chi connectivity index (χ1n) is 10.8. The highest BCUT2D eigenvalue weighted by Crippen LogP contribution is 2.41. The van der Waals surface area contributed by atoms with Crippen molar-refractivity contribution in [1.82, 2.24) is 30.6 Å². The number of carbonyl (C=O) groups excluding carboxylic acids is 1. The molecule has 1 fully saturated rings. The predicted molar refractivity (Wildman–Crippen MR) is 129 cm³/mol. The van der Waals surface area contributed by atoms with E-state index in [0.29, 0.717) is 34.6 Å². The van der Waals surface area contributed by atoms with E-state index in [-0.39, 0.29) is 35.1 Å². The summed E-state index contributed by atoms with van der Waals surface area (Å²) in [6.07, 6.45) is 3.11. The number of aromatic nitrogens is 4. The largest absolute Gasteiger partial charge is 0.418 e. The van der Waals surface area contributed by atoms with Crippen LogP contribution in [0.2, 0.25) is 5.28 Å². The van der Waals surface area contributed by atoms with Crippen LogP contribution in [-0.4, -0.2) is 57.6 Å². The van der Waals surface area contributed by atoms with Gasteiger partial charge < -0.3 is 25.4 Å². The number of rotatable bonds is 5. The van der Waals surface area contributed by atoms with Gasteiger partial charge in [-0.2, -0.15) is 4.98 Å². The number of hydrogen-bond acceptors (Lipinski definition) is 10. The molecule has 0 aliphatic carbocycles. The Labute approximate surface area is 203 Å². The molecule has 174 valence electrons. The van der Waals surface area contributed by atoms with E-state index in [1.807, 2.05) is 19.1 Å². The number of thiophene rings is 1. The molecule has 2 aliphatic heterocycles. The summed E-state index contributed by atoms with van der Waals surface area (Å²) in [4.78, 5) is 31.1. The van der Waals surface area contributed by atoms with E-state index in [9.17, 15) is 4.79 Å². The summed E-state index contributed by atoms with van der Waals surface area (Å²) in [6, 6.07) is 3.82. The standard InChI is InChI=1S/C22H20ClN7O3S/c1-2-32-7-11-5-26-21(23)29-20(11)33-14-6-25-16-12(28-14)3-4-13-15(16)17-18(34-13)19(31)30-22(10-27-17)8-24-9-22/h3-6,24,27H,2,7-10H2,1H3,(H,30,31). The number of carbonyl (C=O) groups is 1. The number of halogens is 1. The summed E-state index contributed by atoms with van der Waals surface area (Å²) < 4.78 is 12.3. The van der Waals surface area contributed by atoms with Crippen molar-refractivity contribution >= 4 is 55.7 Å². The van der Waals surface area contributed by atoms with Crippen molar-refractivity contribution in [2.75, 3.05) is 31.6 Å². The zero-order valence-corrected chi connectivity index (χ0v) is 19.7. The Morgan fingerprint density at radius 3 is 2.85 bits per heavy atom. The van der Waals surface area contributed by atoms with Gasteiger partial charge in [-0.25, -0.2) is 15.0 Å². The fraction of sp³-hybridized carbons (Fsp3) is 0.318. The number of benzene rings is 1. The van der Waals surface area contributed by atoms with Crippen LogP contribution in [-0.2, 0) is 11.3 Å². The first kappa shape index (κ1) is 21.4. The molecule has 6 rings (SSSR count). The number of fused-ring (bicyclic) bond motifs is 5. The van der Waals surface area contributed by atoms with E-state index in [1.54, 1.807) is 12.4 Å². The summed E-state index contributed by atoms with van der Waals surface area (Å²) in [5.74, 6) is 0.474. The van der Waals surface area contributed by atoms with Gasteiger partial charge in [0, 0.05) is 42.5 Å². The molecule has 10 nitrogen and oxygen atoms in total. The van der Waals surface area contributed by atoms with Crippen LogP contribution in [0.15, 0.2) is 24.5 Å². The molecule has 3 N–H and O–H groups in total. The molecular formula is C22H20ClN7O3S. The first-order chi connectivity index (χ1) is 16.5. The second kappa shape index (κ2) is 8.27. The number of hydrogen-bond donors (Lipinski definition) is 3. The summed E-state index contributed by atoms with van der Waals surface area (Å²) in [5.41, 5.74) is 2.54. The predicted octanol–water partition coefficient (Wildman–Crippen LogP) is 3.11. The van der Waals surface area contributed by atoms with Crippen molar-refractivity contribution in [3.8, 4) is 11.8 Å². The van der Waals surface area contributed by atoms with Gasteiger partial charge in [0.25, 0.3) is 5.91 Å². The van der Waals surface area contributed by atoms with E-state index in [2.05, 4.69) is 35.9 Å². The fourth-order valence-corrected chi connectivity index (χ4v) is 5.34. The topological polar surface area (TPSA) is 123 Å². The molecule has 4 aromatic rings. The summed E-state index contributed by atoms with van der Waals surface area (Å²) in [7, 11) is 0. The van der Waals surface area contributed by atoms with Crippen LogP contribution in [0.4, 0.5) is 5.69 Å². The SMILES string of the molecule is CCOCc1cnc(Cl)nc1Oc1cnc2c(ccc3sc4c(c32)NCC2(CNC2)NC4=O)n1. The number of anilines is 1. The maximum Gasteiger partial charge on any atom is 0.264 e. The zero-order valence-electron chi connectivity index (χ0n) is 18.1. The number of nitrogens with one attached hydrogen (secondary N) is 3. The Hall–Kier alpha value is -3.12. The lowest BCUT2D eigenvalue weighted by atomic mass is 9.92. The van der Waals surface area contributed by atoms with E-state index >= 15 is 0 Å². The molecule has 12 heteroatoms. The minimum absolute atomic E-state index is 0.0637. The van der Waals surface area contributed by atoms with Crippen molar-refractivity contribution in [1.29, 1.82) is 0 Å². The Bertz CT molecular complexity index is 1440. The van der Waals surface area contributed by atoms with E-state index < -0.39 is 0 Å². The minimum Gasteiger partial charge on any atom is -0.418 e. The summed E-state index contributed by atoms with van der Waals surface area (Å²) in [5, 5.41) is 10.9. The smallest absolute Gasteiger partial charge is 0.264 e. The third kappa shape index (κ3) is 3.61. The molecule has 0 unspecified atom stereocenters. The average molecular weight is 498 g/mol. The normalized spacial score (nSPS) is 16.6. The number of nitrogens with zero attached hydrogens (tertiary/aromatic N) is 4. The lowest BCUT2D eigenvalue weighted by molar-refractivity contribution is 0.0877. The van der Waals surface area contributed by atoms with Gasteiger partial charge in [0.05, 0.1) is 40.6 Å². The highest BCUT2D eigenvalue weighted by atomic mass is 35.5. The molecule has 0 saturated carbocycles. The third-order valence-corrected chi connectivity index (χ3v) is 7.25. The van der Waals surface area contributed by atoms with Crippen LogP contribution < -0.4 is 20.7 Å². The summed E-state index contributed by atoms with van der Waals surface area (Å²) in [6.45, 7) is 4.88. The number of ether oxygens (including phenoxy) is 2. The highest BCUT2D eigenvalue weighted by molar-refractivity contribution is 7.21. The van der Waals surface area contributed by atoms with Gasteiger partial charge in [-0.3, -0.25) is 4.79 Å². The molecule has 1 amide bonds. The van der Waals surface area contributed by atoms with Crippen molar-refractivity contribution in [3.63, 3.8) is 0 Å². The van der Waals surface area contributed by atoms with Gasteiger partial charge in [-0.05, 0) is 30.7 Å². The first-order valence-corrected chi connectivity index (χ1v) is 12.0. The molecule has 0 bridgehead atoms. The second-order valence-electron chi connectivity index (χ2n) is 8.22. The molecule has 1 aromatic carbocycles. The van der Waals surface area contributed by atoms with Crippen molar-refractivity contribution in [2.45, 2.75) is 19.1 Å². The van der Waals surface area contributed by atoms with Crippen LogP contribution in [0.5, 0.6) is 11.8 Å². The molecule has 1 saturated heterocycles. The molecule has 3 aromatic heterocycles. The molecule has 5 heterocycles. The molecule has 0 atom stereocenters. The Morgan fingerprint density at radius 1 is 1.18 bits per heavy atom. The van der Waals surface area contributed by atoms with Crippen LogP contribution in [0.25, 0.3) is 21.1 Å². The molecule has 1 spiro atoms. The van der Waals surface area contributed by atoms with Gasteiger partial charge in [-0.1, -0.05) is 0 Å². The average Bonchev–Trinajstić information content (AvgIpc) is 3.12. The van der Waals surface area contributed by atoms with Crippen LogP contribution in [0.3, 0.4) is 0 Å². The Morgan fingerprint density at radius 2 is 2.06 bits per heavy atom. The van der Waals surface area contributed by atoms with Gasteiger partial charge >= 0.3 is 0 Å². The number of amides is 1. The lowest BCUT2D eigenvalue weighted by Gasteiger charge is -2.42. The maximum atomic E-state index is 13.0. The van der Waals surface area contributed by atoms with Gasteiger partial charge in [0.1, 0.15) is 4.88 Å². The van der Waals surface area contributed by atoms with Crippen LogP contribution in [0, 0.1) is 0 Å². The minimum atomic E-state index is -0.253. The second-order valence-corrected chi connectivity index (χ2v) is 9.61. The van der Waals surface area contributed by atoms with Crippen molar-refractivity contribution in [2.24, 2.45) is 0 Å².